The zero-order valence-electron chi connectivity index (χ0n) is 9.47. The molecule has 4 N–H and O–H groups in total. The van der Waals surface area contributed by atoms with Crippen molar-refractivity contribution in [2.75, 3.05) is 6.61 Å². The molecular weight excluding hydrogens is 240 g/mol. The molecule has 0 aromatic carbocycles. The molecular formula is C11H14N2O5. The van der Waals surface area contributed by atoms with E-state index < -0.39 is 24.9 Å². The number of aliphatic hydroxyl groups excluding tert-OH is 4. The van der Waals surface area contributed by atoms with Crippen molar-refractivity contribution in [3.05, 3.63) is 29.8 Å². The number of hydrogen-bond donors (Lipinski definition) is 4. The number of rotatable bonds is 5. The lowest BCUT2D eigenvalue weighted by Gasteiger charge is -2.22. The van der Waals surface area contributed by atoms with Crippen LogP contribution in [0.3, 0.4) is 0 Å². The zero-order chi connectivity index (χ0) is 13.1. The van der Waals surface area contributed by atoms with Gasteiger partial charge in [0, 0.05) is 18.7 Å². The lowest BCUT2D eigenvalue weighted by Crippen LogP contribution is -2.40. The van der Waals surface area contributed by atoms with Crippen LogP contribution in [-0.4, -0.2) is 56.2 Å². The van der Waals surface area contributed by atoms with Gasteiger partial charge in [0.15, 0.2) is 5.76 Å². The highest BCUT2D eigenvalue weighted by molar-refractivity contribution is 6.01. The van der Waals surface area contributed by atoms with Crippen LogP contribution >= 0.6 is 0 Å². The molecule has 1 aliphatic heterocycles. The predicted molar refractivity (Wildman–Crippen MR) is 60.8 cm³/mol. The van der Waals surface area contributed by atoms with Crippen LogP contribution in [0.1, 0.15) is 12.2 Å². The average Bonchev–Trinajstić information content (AvgIpc) is 3.05. The predicted octanol–water partition coefficient (Wildman–Crippen LogP) is -1.17. The van der Waals surface area contributed by atoms with Gasteiger partial charge in [-0.1, -0.05) is 5.16 Å². The molecule has 0 saturated carbocycles. The smallest absolute Gasteiger partial charge is 0.181 e. The molecule has 0 aliphatic carbocycles. The molecule has 0 bridgehead atoms. The lowest BCUT2D eigenvalue weighted by atomic mass is 9.98. The maximum Gasteiger partial charge on any atom is 0.181 e. The van der Waals surface area contributed by atoms with E-state index in [4.69, 9.17) is 9.63 Å². The van der Waals surface area contributed by atoms with Crippen LogP contribution in [0, 0.1) is 0 Å². The summed E-state index contributed by atoms with van der Waals surface area (Å²) in [5.41, 5.74) is 1.04. The first-order valence-electron chi connectivity index (χ1n) is 5.45. The molecule has 18 heavy (non-hydrogen) atoms. The van der Waals surface area contributed by atoms with Crippen molar-refractivity contribution in [1.29, 1.82) is 0 Å². The van der Waals surface area contributed by atoms with Crippen LogP contribution < -0.4 is 0 Å². The summed E-state index contributed by atoms with van der Waals surface area (Å²) in [6.07, 6.45) is -0.935. The molecule has 7 heteroatoms. The largest absolute Gasteiger partial charge is 0.394 e. The van der Waals surface area contributed by atoms with Crippen LogP contribution in [-0.2, 0) is 0 Å². The Kier molecular flexibility index (Phi) is 3.87. The minimum atomic E-state index is -1.45. The monoisotopic (exact) mass is 254 g/mol. The summed E-state index contributed by atoms with van der Waals surface area (Å²) in [7, 11) is 0. The molecule has 2 heterocycles. The van der Waals surface area contributed by atoms with E-state index in [1.807, 2.05) is 0 Å². The molecule has 1 aromatic heterocycles. The van der Waals surface area contributed by atoms with Crippen LogP contribution in [0.2, 0.25) is 0 Å². The summed E-state index contributed by atoms with van der Waals surface area (Å²) in [5.74, 6) is 0.491. The Balaban J connectivity index is 1.98. The molecule has 0 radical (unpaired) electrons. The number of aromatic nitrogens is 1. The Labute approximate surface area is 103 Å². The van der Waals surface area contributed by atoms with Gasteiger partial charge < -0.3 is 24.9 Å². The van der Waals surface area contributed by atoms with Crippen molar-refractivity contribution in [3.63, 3.8) is 0 Å². The summed E-state index contributed by atoms with van der Waals surface area (Å²) < 4.78 is 4.93. The number of aliphatic hydroxyl groups is 4. The molecule has 0 amide bonds. The minimum absolute atomic E-state index is 0.297. The molecule has 1 aliphatic rings. The summed E-state index contributed by atoms with van der Waals surface area (Å²) in [6.45, 7) is -0.624. The number of aliphatic imine (C=N–C) groups is 1. The Bertz CT molecular complexity index is 454. The van der Waals surface area contributed by atoms with Crippen molar-refractivity contribution in [2.24, 2.45) is 4.99 Å². The van der Waals surface area contributed by atoms with Gasteiger partial charge >= 0.3 is 0 Å². The Morgan fingerprint density at radius 3 is 2.72 bits per heavy atom. The van der Waals surface area contributed by atoms with E-state index in [1.54, 1.807) is 6.07 Å². The van der Waals surface area contributed by atoms with Gasteiger partial charge in [0.25, 0.3) is 0 Å². The Hall–Kier alpha value is -1.54. The van der Waals surface area contributed by atoms with Gasteiger partial charge in [-0.15, -0.1) is 0 Å². The summed E-state index contributed by atoms with van der Waals surface area (Å²) >= 11 is 0. The SMILES string of the molecule is OC[C@H](O)[C@H](O)[C@@H](O)C1=CN=C(c2ccno2)C1. The van der Waals surface area contributed by atoms with Gasteiger partial charge in [-0.3, -0.25) is 4.99 Å². The standard InChI is InChI=1S/C11H14N2O5/c14-5-8(15)11(17)10(16)6-3-7(12-4-6)9-1-2-13-18-9/h1-2,4,8,10-11,14-17H,3,5H2/t8-,10-,11-/m0/s1. The fraction of sp³-hybridized carbons (Fsp3) is 0.455. The van der Waals surface area contributed by atoms with Crippen LogP contribution in [0.25, 0.3) is 0 Å². The zero-order valence-corrected chi connectivity index (χ0v) is 9.47. The van der Waals surface area contributed by atoms with E-state index in [0.29, 0.717) is 23.5 Å². The summed E-state index contributed by atoms with van der Waals surface area (Å²) in [5, 5.41) is 40.9. The van der Waals surface area contributed by atoms with Gasteiger partial charge in [0.2, 0.25) is 0 Å². The van der Waals surface area contributed by atoms with Crippen molar-refractivity contribution in [3.8, 4) is 0 Å². The number of hydrogen-bond acceptors (Lipinski definition) is 7. The molecule has 3 atom stereocenters. The van der Waals surface area contributed by atoms with Crippen molar-refractivity contribution < 1.29 is 24.9 Å². The molecule has 0 unspecified atom stereocenters. The van der Waals surface area contributed by atoms with E-state index in [1.165, 1.54) is 12.4 Å². The molecule has 2 rings (SSSR count). The first kappa shape index (κ1) is 12.9. The minimum Gasteiger partial charge on any atom is -0.394 e. The third-order valence-corrected chi connectivity index (χ3v) is 2.76. The average molecular weight is 254 g/mol. The molecule has 0 spiro atoms. The first-order chi connectivity index (χ1) is 8.63. The summed E-state index contributed by atoms with van der Waals surface area (Å²) in [6, 6.07) is 1.64. The highest BCUT2D eigenvalue weighted by Gasteiger charge is 2.30. The van der Waals surface area contributed by atoms with Gasteiger partial charge in [0.1, 0.15) is 18.3 Å². The maximum absolute atomic E-state index is 9.83. The van der Waals surface area contributed by atoms with Crippen LogP contribution in [0.4, 0.5) is 0 Å². The maximum atomic E-state index is 9.83. The molecule has 0 fully saturated rings. The summed E-state index contributed by atoms with van der Waals surface area (Å²) in [4.78, 5) is 4.05. The fourth-order valence-electron chi connectivity index (χ4n) is 1.68. The molecule has 0 saturated heterocycles. The van der Waals surface area contributed by atoms with E-state index in [-0.39, 0.29) is 0 Å². The van der Waals surface area contributed by atoms with Gasteiger partial charge in [-0.25, -0.2) is 0 Å². The normalized spacial score (nSPS) is 20.2. The van der Waals surface area contributed by atoms with E-state index >= 15 is 0 Å². The fourth-order valence-corrected chi connectivity index (χ4v) is 1.68. The first-order valence-corrected chi connectivity index (χ1v) is 5.45. The van der Waals surface area contributed by atoms with Gasteiger partial charge in [-0.05, 0) is 5.57 Å². The number of nitrogens with zero attached hydrogens (tertiary/aromatic N) is 2. The topological polar surface area (TPSA) is 119 Å². The molecule has 7 nitrogen and oxygen atoms in total. The second-order valence-electron chi connectivity index (χ2n) is 4.02. The molecule has 1 aromatic rings. The highest BCUT2D eigenvalue weighted by atomic mass is 16.5. The third kappa shape index (κ3) is 2.49. The van der Waals surface area contributed by atoms with E-state index in [9.17, 15) is 15.3 Å². The Morgan fingerprint density at radius 1 is 1.33 bits per heavy atom. The van der Waals surface area contributed by atoms with Crippen molar-refractivity contribution in [2.45, 2.75) is 24.7 Å². The lowest BCUT2D eigenvalue weighted by molar-refractivity contribution is -0.0646. The highest BCUT2D eigenvalue weighted by Crippen LogP contribution is 2.22. The van der Waals surface area contributed by atoms with Crippen molar-refractivity contribution >= 4 is 5.71 Å². The van der Waals surface area contributed by atoms with E-state index in [0.717, 1.165) is 0 Å². The van der Waals surface area contributed by atoms with Crippen LogP contribution in [0.5, 0.6) is 0 Å². The third-order valence-electron chi connectivity index (χ3n) is 2.76. The second-order valence-corrected chi connectivity index (χ2v) is 4.02. The van der Waals surface area contributed by atoms with Crippen molar-refractivity contribution in [1.82, 2.24) is 5.16 Å². The van der Waals surface area contributed by atoms with E-state index in [2.05, 4.69) is 10.1 Å². The Morgan fingerprint density at radius 2 is 2.11 bits per heavy atom. The second kappa shape index (κ2) is 5.40. The van der Waals surface area contributed by atoms with Gasteiger partial charge in [0.05, 0.1) is 18.5 Å². The quantitative estimate of drug-likeness (QED) is 0.525. The van der Waals surface area contributed by atoms with Crippen LogP contribution in [0.15, 0.2) is 33.6 Å². The molecule has 98 valence electrons. The van der Waals surface area contributed by atoms with Gasteiger partial charge in [-0.2, -0.15) is 0 Å².